The van der Waals surface area contributed by atoms with Crippen LogP contribution in [-0.2, 0) is 25.9 Å². The van der Waals surface area contributed by atoms with Crippen molar-refractivity contribution in [2.45, 2.75) is 50.9 Å². The van der Waals surface area contributed by atoms with E-state index >= 15 is 0 Å². The van der Waals surface area contributed by atoms with Crippen LogP contribution in [0, 0.1) is 21.2 Å². The minimum absolute atomic E-state index is 0.0116. The molecule has 0 bridgehead atoms. The van der Waals surface area contributed by atoms with Gasteiger partial charge in [-0.1, -0.05) is 36.4 Å². The van der Waals surface area contributed by atoms with E-state index in [0.29, 0.717) is 35.6 Å². The molecule has 6 aromatic carbocycles. The zero-order chi connectivity index (χ0) is 64.2. The molecule has 460 valence electrons. The van der Waals surface area contributed by atoms with Crippen molar-refractivity contribution in [3.8, 4) is 22.8 Å². The number of halogens is 2. The molecule has 32 nitrogen and oxygen atoms in total. The monoisotopic (exact) mass is 1280 g/mol. The van der Waals surface area contributed by atoms with Gasteiger partial charge in [0.1, 0.15) is 57.2 Å². The van der Waals surface area contributed by atoms with Gasteiger partial charge in [-0.3, -0.25) is 38.4 Å². The van der Waals surface area contributed by atoms with Crippen molar-refractivity contribution in [3.05, 3.63) is 203 Å². The molecule has 6 heterocycles. The van der Waals surface area contributed by atoms with Crippen molar-refractivity contribution in [1.82, 2.24) is 102 Å². The van der Waals surface area contributed by atoms with Gasteiger partial charge in [0.25, 0.3) is 56.9 Å². The number of anilines is 6. The summed E-state index contributed by atoms with van der Waals surface area (Å²) in [6.45, 7) is -0.141. The number of carbonyl (C=O) groups is 4. The van der Waals surface area contributed by atoms with E-state index in [9.17, 15) is 47.1 Å². The number of hydrogen-bond donors (Lipinski definition) is 12. The Labute approximate surface area is 520 Å². The van der Waals surface area contributed by atoms with E-state index in [-0.39, 0.29) is 103 Å². The van der Waals surface area contributed by atoms with Crippen molar-refractivity contribution in [1.29, 1.82) is 0 Å². The van der Waals surface area contributed by atoms with E-state index in [1.54, 1.807) is 0 Å². The van der Waals surface area contributed by atoms with Gasteiger partial charge in [-0.2, -0.15) is 10.4 Å². The Kier molecular flexibility index (Phi) is 15.1. The number of hydrogen-bond acceptors (Lipinski definition) is 24. The van der Waals surface area contributed by atoms with Gasteiger partial charge in [0.2, 0.25) is 21.2 Å². The third-order valence-electron chi connectivity index (χ3n) is 15.4. The van der Waals surface area contributed by atoms with Crippen molar-refractivity contribution in [3.63, 3.8) is 0 Å². The van der Waals surface area contributed by atoms with E-state index in [1.807, 2.05) is 36.4 Å². The largest absolute Gasteiger partial charge is 0.394 e. The molecule has 14 N–H and O–H groups in total. The highest BCUT2D eigenvalue weighted by Gasteiger charge is 2.30. The van der Waals surface area contributed by atoms with Gasteiger partial charge in [-0.05, 0) is 142 Å². The highest BCUT2D eigenvalue weighted by atomic mass is 32.1. The minimum atomic E-state index is -0.847. The number of benzene rings is 4. The Hall–Kier alpha value is -12.3. The summed E-state index contributed by atoms with van der Waals surface area (Å²) in [5, 5.41) is 57.8. The van der Waals surface area contributed by atoms with E-state index < -0.39 is 57.0 Å². The fourth-order valence-corrected chi connectivity index (χ4v) is 11.1. The van der Waals surface area contributed by atoms with Gasteiger partial charge in [-0.25, -0.2) is 37.7 Å². The number of nitrogens with zero attached hydrogens (tertiary/aromatic N) is 12. The highest BCUT2D eigenvalue weighted by molar-refractivity contribution is 7.71. The number of nitrogens with two attached hydrogens (primary N) is 2. The summed E-state index contributed by atoms with van der Waals surface area (Å²) in [7, 11) is 0. The first-order valence-electron chi connectivity index (χ1n) is 27.5. The molecule has 2 aliphatic carbocycles. The third-order valence-corrected chi connectivity index (χ3v) is 15.9. The lowest BCUT2D eigenvalue weighted by Crippen LogP contribution is -2.36. The fourth-order valence-electron chi connectivity index (χ4n) is 10.7. The van der Waals surface area contributed by atoms with Gasteiger partial charge < -0.3 is 43.4 Å². The quantitative estimate of drug-likeness (QED) is 0.0489. The summed E-state index contributed by atoms with van der Waals surface area (Å²) in [5.74, 6) is -2.70. The number of nitrogen functional groups attached to an aromatic ring is 2. The number of rotatable bonds is 16. The van der Waals surface area contributed by atoms with Gasteiger partial charge in [0.15, 0.2) is 0 Å². The number of carbonyl (C=O) groups excluding carboxylic acids is 4. The molecule has 0 spiro atoms. The average molecular weight is 1280 g/mol. The second-order valence-corrected chi connectivity index (χ2v) is 21.7. The van der Waals surface area contributed by atoms with Crippen molar-refractivity contribution in [2.24, 2.45) is 0 Å². The number of H-pyrrole nitrogens is 4. The van der Waals surface area contributed by atoms with Gasteiger partial charge in [-0.15, -0.1) is 30.6 Å². The van der Waals surface area contributed by atoms with Crippen molar-refractivity contribution < 1.29 is 28.0 Å². The van der Waals surface area contributed by atoms with E-state index in [1.165, 1.54) is 45.2 Å². The zero-order valence-corrected chi connectivity index (χ0v) is 48.5. The van der Waals surface area contributed by atoms with Crippen LogP contribution in [0.3, 0.4) is 0 Å². The Balaban J connectivity index is 0.000000168. The molecular weight excluding hydrogens is 1240 g/mol. The number of aromatic nitrogens is 16. The molecule has 2 atom stereocenters. The summed E-state index contributed by atoms with van der Waals surface area (Å²) >= 11 is 10.6. The van der Waals surface area contributed by atoms with Crippen LogP contribution in [0.15, 0.2) is 104 Å². The van der Waals surface area contributed by atoms with Crippen LogP contribution < -0.4 is 65.1 Å². The first-order valence-corrected chi connectivity index (χ1v) is 28.3. The molecule has 0 unspecified atom stereocenters. The average Bonchev–Trinajstić information content (AvgIpc) is 2.00. The molecule has 0 fully saturated rings. The van der Waals surface area contributed by atoms with E-state index in [4.69, 9.17) is 35.9 Å². The van der Waals surface area contributed by atoms with Crippen molar-refractivity contribution in [2.75, 3.05) is 22.1 Å². The number of aromatic amines is 4. The molecule has 0 radical (unpaired) electrons. The normalized spacial score (nSPS) is 14.0. The molecule has 92 heavy (non-hydrogen) atoms. The molecule has 2 aliphatic rings. The first kappa shape index (κ1) is 58.7. The Bertz CT molecular complexity index is 5300. The second-order valence-electron chi connectivity index (χ2n) is 20.9. The molecule has 36 heteroatoms. The van der Waals surface area contributed by atoms with Crippen LogP contribution in [0.25, 0.3) is 34.3 Å². The Morgan fingerprint density at radius 2 is 0.989 bits per heavy atom. The molecule has 14 rings (SSSR count). The van der Waals surface area contributed by atoms with Gasteiger partial charge in [0, 0.05) is 24.2 Å². The summed E-state index contributed by atoms with van der Waals surface area (Å²) in [6.07, 6.45) is 2.75. The van der Waals surface area contributed by atoms with Gasteiger partial charge in [0.05, 0.1) is 23.5 Å². The lowest BCUT2D eigenvalue weighted by atomic mass is 10.0. The van der Waals surface area contributed by atoms with Crippen LogP contribution in [0.5, 0.6) is 0 Å². The number of amides is 4. The molecule has 4 amide bonds. The number of nitrogens with one attached hydrogen (secondary N) is 10. The lowest BCUT2D eigenvalue weighted by Gasteiger charge is -2.15. The standard InChI is InChI=1S/2C28H21FN12O4S/c29-15-5-1-11(7-17(15)32-21-20(30)22(42)23(21)43)10-31-26(45)19-9-18(34-27-37-38-28(46)41(19)27)25(44)33-16-6-3-12-8-13(2-4-14(12)16)24-35-39-40-36-24;29-15-5-1-11(7-17(15)32-21-20(30)22(42)23(21)43)10-31-25(44)18-9-19(41-27(34-18)37-38-28(41)46)26(45)33-16-6-3-12-8-13(2-4-14(12)16)24-35-39-40-36-24/h1-2,4-5,7-9,16,32H,3,6,10,30H2,(H,31,45)(H,33,44)(H,38,46)(H,35,36,39,40);1-2,4-5,7-9,16,32H,3,6,10,30H2,(H,31,44)(H,33,45)(H,38,46)(H,35,36,39,40)/t2*16-/m00/s1. The van der Waals surface area contributed by atoms with Crippen molar-refractivity contribution >= 4 is 93.7 Å². The van der Waals surface area contributed by atoms with Crippen LogP contribution in [0.4, 0.5) is 42.9 Å². The molecule has 0 saturated carbocycles. The summed E-state index contributed by atoms with van der Waals surface area (Å²) in [4.78, 5) is 108. The van der Waals surface area contributed by atoms with Crippen LogP contribution in [-0.4, -0.2) is 104 Å². The summed E-state index contributed by atoms with van der Waals surface area (Å²) in [5.41, 5.74) is 12.9. The highest BCUT2D eigenvalue weighted by Crippen LogP contribution is 2.36. The zero-order valence-electron chi connectivity index (χ0n) is 46.8. The minimum Gasteiger partial charge on any atom is -0.394 e. The van der Waals surface area contributed by atoms with E-state index in [2.05, 4.69) is 104 Å². The number of tetrazole rings is 2. The van der Waals surface area contributed by atoms with Gasteiger partial charge >= 0.3 is 0 Å². The SMILES string of the molecule is Nc1c(Nc2cc(CNC(=O)c3cc(C(=O)N[C@H]4CCc5cc(-c6nn[nH]n6)ccc54)n4c(=S)[nH]nc4n3)ccc2F)c(=O)c1=O.Nc1c(Nc2cc(CNC(=O)c3cc(C(=O)N[C@H]4CCc5cc(-c6nn[nH]n6)ccc54)nc4n[nH]c(=S)n34)ccc2F)c(=O)c1=O. The second kappa shape index (κ2) is 23.6. The maximum absolute atomic E-state index is 14.4. The molecular formula is C56H42F2N24O8S2. The molecule has 6 aromatic heterocycles. The predicted molar refractivity (Wildman–Crippen MR) is 326 cm³/mol. The third kappa shape index (κ3) is 11.0. The summed E-state index contributed by atoms with van der Waals surface area (Å²) < 4.78 is 31.6. The Morgan fingerprint density at radius 1 is 0.543 bits per heavy atom. The molecule has 12 aromatic rings. The smallest absolute Gasteiger partial charge is 0.270 e. The lowest BCUT2D eigenvalue weighted by molar-refractivity contribution is 0.0918. The topological polar surface area (TPSA) is 462 Å². The van der Waals surface area contributed by atoms with Crippen LogP contribution >= 0.6 is 24.4 Å². The molecule has 0 aliphatic heterocycles. The maximum Gasteiger partial charge on any atom is 0.270 e. The van der Waals surface area contributed by atoms with Crippen LogP contribution in [0.1, 0.15) is 100 Å². The maximum atomic E-state index is 14.4. The van der Waals surface area contributed by atoms with Crippen LogP contribution in [0.2, 0.25) is 0 Å². The summed E-state index contributed by atoms with van der Waals surface area (Å²) in [6, 6.07) is 21.3. The number of fused-ring (bicyclic) bond motifs is 4. The predicted octanol–water partition coefficient (Wildman–Crippen LogP) is 2.75. The Morgan fingerprint density at radius 3 is 1.45 bits per heavy atom. The number of aryl methyl sites for hydroxylation is 2. The van der Waals surface area contributed by atoms with E-state index in [0.717, 1.165) is 58.4 Å². The fraction of sp³-hybridized carbons (Fsp3) is 0.143. The molecule has 0 saturated heterocycles. The first-order chi connectivity index (χ1) is 44.3.